The predicted octanol–water partition coefficient (Wildman–Crippen LogP) is -0.983. The molecule has 4 aliphatic heterocycles. The molecule has 0 aromatic heterocycles. The van der Waals surface area contributed by atoms with Crippen molar-refractivity contribution in [2.24, 2.45) is 50.2 Å². The quantitative estimate of drug-likeness (QED) is 0.0430. The van der Waals surface area contributed by atoms with Crippen molar-refractivity contribution in [3.05, 3.63) is 23.3 Å². The third-order valence-electron chi connectivity index (χ3n) is 22.5. The molecule has 84 heavy (non-hydrogen) atoms. The summed E-state index contributed by atoms with van der Waals surface area (Å²) in [6.07, 6.45) is -31.8. The smallest absolute Gasteiger partial charge is 0.335 e. The van der Waals surface area contributed by atoms with Crippen LogP contribution >= 0.6 is 0 Å². The first-order chi connectivity index (χ1) is 39.2. The van der Waals surface area contributed by atoms with Gasteiger partial charge >= 0.3 is 11.9 Å². The molecule has 4 heterocycles. The van der Waals surface area contributed by atoms with Gasteiger partial charge in [0.1, 0.15) is 91.6 Å². The summed E-state index contributed by atoms with van der Waals surface area (Å²) in [6.45, 7) is 17.8. The summed E-state index contributed by atoms with van der Waals surface area (Å²) in [7, 11) is 0. The number of carbonyl (C=O) groups excluding carboxylic acids is 1. The van der Waals surface area contributed by atoms with Crippen LogP contribution in [0, 0.1) is 50.2 Å². The Hall–Kier alpha value is -2.42. The van der Waals surface area contributed by atoms with Gasteiger partial charge in [-0.15, -0.1) is 0 Å². The maximum Gasteiger partial charge on any atom is 0.335 e. The Bertz CT molecular complexity index is 2420. The van der Waals surface area contributed by atoms with E-state index in [-0.39, 0.29) is 35.2 Å². The highest BCUT2D eigenvalue weighted by atomic mass is 16.8. The molecule has 0 aromatic carbocycles. The highest BCUT2D eigenvalue weighted by Crippen LogP contribution is 2.76. The van der Waals surface area contributed by atoms with Crippen LogP contribution < -0.4 is 0 Å². The minimum absolute atomic E-state index is 0.0468. The Labute approximate surface area is 489 Å². The number of ether oxygens (including phenoxy) is 9. The van der Waals surface area contributed by atoms with Gasteiger partial charge in [0, 0.05) is 5.57 Å². The number of carboxylic acid groups (broad SMARTS) is 1. The molecule has 4 saturated carbocycles. The summed E-state index contributed by atoms with van der Waals surface area (Å²) in [6, 6.07) is 0. The first-order valence-corrected chi connectivity index (χ1v) is 29.9. The molecule has 4 saturated heterocycles. The number of aliphatic hydroxyl groups excluding tert-OH is 13. The molecule has 9 rings (SSSR count). The molecule has 0 aromatic rings. The molecule has 0 bridgehead atoms. The molecule has 8 fully saturated rings. The monoisotopic (exact) mass is 1200 g/mol. The molecule has 2 unspecified atom stereocenters. The van der Waals surface area contributed by atoms with Gasteiger partial charge in [-0.05, 0) is 117 Å². The Balaban J connectivity index is 1.04. The molecule has 480 valence electrons. The van der Waals surface area contributed by atoms with Crippen molar-refractivity contribution < 1.29 is 124 Å². The van der Waals surface area contributed by atoms with E-state index in [1.165, 1.54) is 12.5 Å². The largest absolute Gasteiger partial charge is 0.479 e. The van der Waals surface area contributed by atoms with Crippen molar-refractivity contribution in [3.63, 3.8) is 0 Å². The molecule has 0 amide bonds. The molecule has 5 aliphatic carbocycles. The van der Waals surface area contributed by atoms with E-state index in [0.717, 1.165) is 0 Å². The molecule has 25 nitrogen and oxygen atoms in total. The molecule has 0 radical (unpaired) electrons. The first-order valence-electron chi connectivity index (χ1n) is 29.9. The van der Waals surface area contributed by atoms with Gasteiger partial charge in [0.25, 0.3) is 0 Å². The molecule has 30 atom stereocenters. The maximum atomic E-state index is 13.4. The van der Waals surface area contributed by atoms with Gasteiger partial charge in [0.15, 0.2) is 31.3 Å². The van der Waals surface area contributed by atoms with E-state index >= 15 is 0 Å². The third-order valence-corrected chi connectivity index (χ3v) is 22.5. The average Bonchev–Trinajstić information content (AvgIpc) is 0.685. The van der Waals surface area contributed by atoms with Crippen LogP contribution in [-0.4, -0.2) is 244 Å². The van der Waals surface area contributed by atoms with Gasteiger partial charge in [-0.2, -0.15) is 0 Å². The van der Waals surface area contributed by atoms with Crippen LogP contribution in [0.1, 0.15) is 121 Å². The van der Waals surface area contributed by atoms with Gasteiger partial charge < -0.3 is 114 Å². The SMILES string of the molecule is C/C=C(/C)C(=O)O[C@H]1CC(C)(C)C[C@H]2C3=CCC4[C@@]5(C)CC[C@H](O[C@@H]6O[C@H](C(=O)O)[C@@H](O)[C@H](O[C@@H]7O[C@H](CO)[C@H](O)[C@H](O)[C@H]7O[C@@H]7O[C@@H](C)[C@H](O)[C@@H](O)[C@H]7O)[C@H]6O[C@@H]6O[C@H](CO)[C@@H](O)[C@H](O)[C@H]6O)C(C)(C)C5CC[C@@]4(C)[C@]3(C)C[C@@H](O)[C@@]12CO. The normalized spacial score (nSPS) is 51.9. The fraction of sp³-hybridized carbons (Fsp3) is 0.898. The standard InChI is InChI=1S/C59H94O25/c1-11-24(2)49(75)79-34-20-54(4,5)18-27-26-12-13-31-56(8)16-15-33(55(6,7)30(56)14-17-57(31,9)58(26,10)19-32(63)59(27,34)23-62)80-53-47(84-51-42(71)39(68)36(65)28(21-60)77-51)44(43(72)45(82-53)48(73)74)81-52-46(40(69)37(66)29(22-61)78-52)83-50-41(70)38(67)35(64)25(3)76-50/h11-12,25,27-47,50-53,60-72H,13-23H2,1-10H3,(H,73,74)/b24-11-/t25-,27-,28+,29+,30?,31?,32+,33-,34-,35-,36+,37-,38+,39-,40-,41+,42+,43-,44-,45-,46+,47+,50-,51-,52-,53+,56-,57+,58+,59-/m0/s1. The number of aliphatic hydroxyl groups is 13. The zero-order valence-corrected chi connectivity index (χ0v) is 49.7. The molecular formula is C59H94O25. The van der Waals surface area contributed by atoms with Gasteiger partial charge in [-0.1, -0.05) is 66.2 Å². The molecule has 9 aliphatic rings. The summed E-state index contributed by atoms with van der Waals surface area (Å²) in [5, 5.41) is 155. The first kappa shape index (κ1) is 66.0. The lowest BCUT2D eigenvalue weighted by molar-refractivity contribution is -0.406. The Kier molecular flexibility index (Phi) is 18.9. The van der Waals surface area contributed by atoms with E-state index in [9.17, 15) is 81.1 Å². The van der Waals surface area contributed by atoms with Gasteiger partial charge in [0.05, 0.1) is 43.5 Å². The van der Waals surface area contributed by atoms with Crippen molar-refractivity contribution in [2.75, 3.05) is 19.8 Å². The topological polar surface area (TPSA) is 400 Å². The lowest BCUT2D eigenvalue weighted by Crippen LogP contribution is -2.70. The number of allylic oxidation sites excluding steroid dienone is 3. The summed E-state index contributed by atoms with van der Waals surface area (Å²) in [4.78, 5) is 26.7. The van der Waals surface area contributed by atoms with E-state index in [2.05, 4.69) is 40.7 Å². The summed E-state index contributed by atoms with van der Waals surface area (Å²) < 4.78 is 55.4. The number of aliphatic carboxylic acids is 1. The second-order valence-corrected chi connectivity index (χ2v) is 27.9. The van der Waals surface area contributed by atoms with Crippen LogP contribution in [0.4, 0.5) is 0 Å². The van der Waals surface area contributed by atoms with Gasteiger partial charge in [0.2, 0.25) is 0 Å². The van der Waals surface area contributed by atoms with E-state index in [4.69, 9.17) is 42.6 Å². The van der Waals surface area contributed by atoms with Gasteiger partial charge in [-0.3, -0.25) is 0 Å². The van der Waals surface area contributed by atoms with Crippen molar-refractivity contribution in [3.8, 4) is 0 Å². The minimum Gasteiger partial charge on any atom is -0.479 e. The Morgan fingerprint density at radius 1 is 0.619 bits per heavy atom. The lowest BCUT2D eigenvalue weighted by atomic mass is 9.33. The Morgan fingerprint density at radius 3 is 1.80 bits per heavy atom. The summed E-state index contributed by atoms with van der Waals surface area (Å²) in [5.41, 5.74) is -1.94. The number of esters is 1. The highest BCUT2D eigenvalue weighted by molar-refractivity contribution is 5.87. The second-order valence-electron chi connectivity index (χ2n) is 27.9. The molecule has 25 heteroatoms. The number of hydrogen-bond donors (Lipinski definition) is 14. The fourth-order valence-corrected chi connectivity index (χ4v) is 17.3. The van der Waals surface area contributed by atoms with Crippen LogP contribution in [0.5, 0.6) is 0 Å². The van der Waals surface area contributed by atoms with Crippen LogP contribution in [0.3, 0.4) is 0 Å². The minimum atomic E-state index is -2.26. The van der Waals surface area contributed by atoms with Crippen LogP contribution in [0.15, 0.2) is 23.3 Å². The van der Waals surface area contributed by atoms with Crippen molar-refractivity contribution in [2.45, 2.75) is 262 Å². The number of hydrogen-bond acceptors (Lipinski definition) is 24. The Morgan fingerprint density at radius 2 is 1.19 bits per heavy atom. The highest BCUT2D eigenvalue weighted by Gasteiger charge is 2.72. The maximum absolute atomic E-state index is 13.4. The third kappa shape index (κ3) is 10.8. The second kappa shape index (κ2) is 24.1. The average molecular weight is 1200 g/mol. The van der Waals surface area contributed by atoms with E-state index in [1.807, 2.05) is 13.8 Å². The lowest BCUT2D eigenvalue weighted by Gasteiger charge is -2.72. The van der Waals surface area contributed by atoms with E-state index in [1.54, 1.807) is 19.9 Å². The van der Waals surface area contributed by atoms with Crippen molar-refractivity contribution in [1.82, 2.24) is 0 Å². The van der Waals surface area contributed by atoms with Crippen molar-refractivity contribution in [1.29, 1.82) is 0 Å². The molecular weight excluding hydrogens is 1110 g/mol. The van der Waals surface area contributed by atoms with Gasteiger partial charge in [-0.25, -0.2) is 9.59 Å². The zero-order chi connectivity index (χ0) is 61.9. The van der Waals surface area contributed by atoms with Crippen molar-refractivity contribution >= 4 is 11.9 Å². The van der Waals surface area contributed by atoms with E-state index < -0.39 is 188 Å². The van der Waals surface area contributed by atoms with Crippen LogP contribution in [-0.2, 0) is 52.2 Å². The number of carboxylic acids is 1. The molecule has 14 N–H and O–H groups in total. The summed E-state index contributed by atoms with van der Waals surface area (Å²) in [5.74, 6) is -2.53. The number of fused-ring (bicyclic) bond motifs is 7. The van der Waals surface area contributed by atoms with Crippen LogP contribution in [0.25, 0.3) is 0 Å². The zero-order valence-electron chi connectivity index (χ0n) is 49.7. The van der Waals surface area contributed by atoms with E-state index in [0.29, 0.717) is 56.9 Å². The number of rotatable bonds is 14. The number of carbonyl (C=O) groups is 2. The summed E-state index contributed by atoms with van der Waals surface area (Å²) >= 11 is 0. The predicted molar refractivity (Wildman–Crippen MR) is 288 cm³/mol. The molecule has 0 spiro atoms. The van der Waals surface area contributed by atoms with Crippen LogP contribution in [0.2, 0.25) is 0 Å². The fourth-order valence-electron chi connectivity index (χ4n) is 17.3.